The number of piperidine rings is 1. The van der Waals surface area contributed by atoms with Crippen molar-refractivity contribution in [2.75, 3.05) is 44.5 Å². The van der Waals surface area contributed by atoms with Crippen molar-refractivity contribution in [3.8, 4) is 5.75 Å². The van der Waals surface area contributed by atoms with Crippen LogP contribution < -0.4 is 9.64 Å². The minimum atomic E-state index is -0.0607. The Kier molecular flexibility index (Phi) is 7.41. The molecule has 1 unspecified atom stereocenters. The van der Waals surface area contributed by atoms with E-state index in [1.165, 1.54) is 0 Å². The van der Waals surface area contributed by atoms with E-state index >= 15 is 0 Å². The van der Waals surface area contributed by atoms with E-state index in [2.05, 4.69) is 21.9 Å². The Bertz CT molecular complexity index is 841. The third-order valence-corrected chi connectivity index (χ3v) is 6.28. The summed E-state index contributed by atoms with van der Waals surface area (Å²) < 4.78 is 17.0. The SMILES string of the molecule is CCOC(=O)C1CCCN(CCCN2C3=C[C@H](Cl)CC=C3OCOc3ccccc32)C1. The molecule has 1 aromatic rings. The van der Waals surface area contributed by atoms with Gasteiger partial charge in [0.25, 0.3) is 0 Å². The molecule has 1 aromatic carbocycles. The fourth-order valence-electron chi connectivity index (χ4n) is 4.49. The van der Waals surface area contributed by atoms with E-state index in [1.807, 2.05) is 31.2 Å². The first-order valence-corrected chi connectivity index (χ1v) is 11.7. The largest absolute Gasteiger partial charge is 0.466 e. The van der Waals surface area contributed by atoms with Crippen LogP contribution in [0.1, 0.15) is 32.6 Å². The lowest BCUT2D eigenvalue weighted by molar-refractivity contribution is -0.149. The van der Waals surface area contributed by atoms with Gasteiger partial charge in [0.2, 0.25) is 6.79 Å². The first kappa shape index (κ1) is 22.0. The maximum absolute atomic E-state index is 12.1. The lowest BCUT2D eigenvalue weighted by Crippen LogP contribution is -2.41. The molecule has 1 aliphatic carbocycles. The summed E-state index contributed by atoms with van der Waals surface area (Å²) in [5.74, 6) is 1.56. The lowest BCUT2D eigenvalue weighted by atomic mass is 9.98. The van der Waals surface area contributed by atoms with Gasteiger partial charge in [-0.15, -0.1) is 11.6 Å². The Morgan fingerprint density at radius 1 is 1.26 bits per heavy atom. The number of rotatable bonds is 6. The normalized spacial score (nSPS) is 23.7. The standard InChI is InChI=1S/C24H31ClN2O4/c1-2-29-24(28)18-7-5-12-26(16-18)13-6-14-27-20-8-3-4-9-22(20)30-17-31-23-11-10-19(25)15-21(23)27/h3-4,8-9,11,15,18-19H,2,5-7,10,12-14,16-17H2,1H3/t18?,19-/m1/s1. The predicted octanol–water partition coefficient (Wildman–Crippen LogP) is 4.30. The van der Waals surface area contributed by atoms with Gasteiger partial charge >= 0.3 is 5.97 Å². The maximum Gasteiger partial charge on any atom is 0.310 e. The molecule has 168 valence electrons. The van der Waals surface area contributed by atoms with Crippen molar-refractivity contribution < 1.29 is 19.0 Å². The third-order valence-electron chi connectivity index (χ3n) is 5.98. The fourth-order valence-corrected chi connectivity index (χ4v) is 4.70. The molecular weight excluding hydrogens is 416 g/mol. The summed E-state index contributed by atoms with van der Waals surface area (Å²) in [6.45, 7) is 6.02. The number of hydrogen-bond acceptors (Lipinski definition) is 6. The molecule has 0 radical (unpaired) electrons. The predicted molar refractivity (Wildman–Crippen MR) is 121 cm³/mol. The number of fused-ring (bicyclic) bond motifs is 2. The molecule has 1 saturated heterocycles. The number of halogens is 1. The van der Waals surface area contributed by atoms with E-state index in [-0.39, 0.29) is 24.1 Å². The first-order chi connectivity index (χ1) is 15.2. The van der Waals surface area contributed by atoms with Crippen LogP contribution >= 0.6 is 11.6 Å². The van der Waals surface area contributed by atoms with E-state index in [1.54, 1.807) is 0 Å². The monoisotopic (exact) mass is 446 g/mol. The summed E-state index contributed by atoms with van der Waals surface area (Å²) in [4.78, 5) is 16.8. The Labute approximate surface area is 189 Å². The van der Waals surface area contributed by atoms with Gasteiger partial charge in [0.05, 0.1) is 29.3 Å². The number of alkyl halides is 1. The van der Waals surface area contributed by atoms with Gasteiger partial charge in [-0.05, 0) is 70.0 Å². The zero-order valence-electron chi connectivity index (χ0n) is 18.1. The zero-order valence-corrected chi connectivity index (χ0v) is 18.9. The molecule has 0 amide bonds. The van der Waals surface area contributed by atoms with Crippen LogP contribution in [0.4, 0.5) is 5.69 Å². The van der Waals surface area contributed by atoms with E-state index in [0.29, 0.717) is 6.61 Å². The molecule has 31 heavy (non-hydrogen) atoms. The van der Waals surface area contributed by atoms with Crippen LogP contribution in [0.25, 0.3) is 0 Å². The van der Waals surface area contributed by atoms with E-state index in [9.17, 15) is 4.79 Å². The van der Waals surface area contributed by atoms with Crippen LogP contribution in [0.3, 0.4) is 0 Å². The average molecular weight is 447 g/mol. The van der Waals surface area contributed by atoms with Crippen LogP contribution in [-0.4, -0.2) is 55.8 Å². The molecule has 2 aliphatic heterocycles. The number of esters is 1. The highest BCUT2D eigenvalue weighted by Gasteiger charge is 2.28. The summed E-state index contributed by atoms with van der Waals surface area (Å²) in [6.07, 6.45) is 7.77. The quantitative estimate of drug-likeness (QED) is 0.479. The van der Waals surface area contributed by atoms with Crippen molar-refractivity contribution in [1.82, 2.24) is 4.90 Å². The average Bonchev–Trinajstić information content (AvgIpc) is 2.77. The van der Waals surface area contributed by atoms with Crippen LogP contribution in [0.5, 0.6) is 5.75 Å². The van der Waals surface area contributed by atoms with Crippen molar-refractivity contribution in [2.24, 2.45) is 5.92 Å². The summed E-state index contributed by atoms with van der Waals surface area (Å²) in [7, 11) is 0. The van der Waals surface area contributed by atoms with Gasteiger partial charge in [0.15, 0.2) is 0 Å². The molecule has 0 saturated carbocycles. The Morgan fingerprint density at radius 3 is 3.00 bits per heavy atom. The van der Waals surface area contributed by atoms with Crippen molar-refractivity contribution in [1.29, 1.82) is 0 Å². The molecule has 0 N–H and O–H groups in total. The van der Waals surface area contributed by atoms with Gasteiger partial charge in [0.1, 0.15) is 11.5 Å². The minimum absolute atomic E-state index is 0.00878. The van der Waals surface area contributed by atoms with Gasteiger partial charge in [-0.2, -0.15) is 0 Å². The van der Waals surface area contributed by atoms with Gasteiger partial charge < -0.3 is 24.0 Å². The first-order valence-electron chi connectivity index (χ1n) is 11.2. The third kappa shape index (κ3) is 5.36. The van der Waals surface area contributed by atoms with E-state index < -0.39 is 0 Å². The Hall–Kier alpha value is -2.18. The number of nitrogens with zero attached hydrogens (tertiary/aromatic N) is 2. The van der Waals surface area contributed by atoms with Crippen molar-refractivity contribution in [3.05, 3.63) is 47.9 Å². The molecule has 0 aromatic heterocycles. The number of allylic oxidation sites excluding steroid dienone is 2. The number of ether oxygens (including phenoxy) is 3. The van der Waals surface area contributed by atoms with Crippen LogP contribution in [0, 0.1) is 5.92 Å². The second kappa shape index (κ2) is 10.4. The lowest BCUT2D eigenvalue weighted by Gasteiger charge is -2.35. The Morgan fingerprint density at radius 2 is 2.13 bits per heavy atom. The van der Waals surface area contributed by atoms with E-state index in [4.69, 9.17) is 25.8 Å². The van der Waals surface area contributed by atoms with Gasteiger partial charge in [-0.25, -0.2) is 0 Å². The van der Waals surface area contributed by atoms with Gasteiger partial charge in [0, 0.05) is 13.1 Å². The molecule has 2 heterocycles. The van der Waals surface area contributed by atoms with Crippen LogP contribution in [0.2, 0.25) is 0 Å². The summed E-state index contributed by atoms with van der Waals surface area (Å²) in [5.41, 5.74) is 2.03. The molecule has 6 nitrogen and oxygen atoms in total. The summed E-state index contributed by atoms with van der Waals surface area (Å²) in [6, 6.07) is 8.04. The second-order valence-electron chi connectivity index (χ2n) is 8.14. The number of likely N-dealkylation sites (tertiary alicyclic amines) is 1. The molecular formula is C24H31ClN2O4. The Balaban J connectivity index is 1.45. The highest BCUT2D eigenvalue weighted by atomic mass is 35.5. The summed E-state index contributed by atoms with van der Waals surface area (Å²) >= 11 is 6.46. The number of carbonyl (C=O) groups is 1. The molecule has 7 heteroatoms. The zero-order chi connectivity index (χ0) is 21.6. The molecule has 3 aliphatic rings. The maximum atomic E-state index is 12.1. The molecule has 2 atom stereocenters. The smallest absolute Gasteiger partial charge is 0.310 e. The minimum Gasteiger partial charge on any atom is -0.466 e. The number of benzene rings is 1. The highest BCUT2D eigenvalue weighted by Crippen LogP contribution is 2.37. The van der Waals surface area contributed by atoms with E-state index in [0.717, 1.165) is 74.8 Å². The van der Waals surface area contributed by atoms with Crippen molar-refractivity contribution in [2.45, 2.75) is 38.0 Å². The summed E-state index contributed by atoms with van der Waals surface area (Å²) in [5, 5.41) is -0.0511. The fraction of sp³-hybridized carbons (Fsp3) is 0.542. The van der Waals surface area contributed by atoms with Crippen molar-refractivity contribution in [3.63, 3.8) is 0 Å². The molecule has 4 rings (SSSR count). The second-order valence-corrected chi connectivity index (χ2v) is 8.70. The van der Waals surface area contributed by atoms with Gasteiger partial charge in [-0.3, -0.25) is 4.79 Å². The number of carbonyl (C=O) groups excluding carboxylic acids is 1. The van der Waals surface area contributed by atoms with Crippen LogP contribution in [-0.2, 0) is 14.3 Å². The number of hydrogen-bond donors (Lipinski definition) is 0. The molecule has 0 spiro atoms. The van der Waals surface area contributed by atoms with Crippen LogP contribution in [0.15, 0.2) is 47.9 Å². The highest BCUT2D eigenvalue weighted by molar-refractivity contribution is 6.22. The molecule has 0 bridgehead atoms. The van der Waals surface area contributed by atoms with Crippen molar-refractivity contribution >= 4 is 23.3 Å². The molecule has 1 fully saturated rings. The number of para-hydroxylation sites is 2. The topological polar surface area (TPSA) is 51.2 Å². The number of anilines is 1. The van der Waals surface area contributed by atoms with Gasteiger partial charge in [-0.1, -0.05) is 12.1 Å².